The molecule has 0 bridgehead atoms. The fraction of sp³-hybridized carbons (Fsp3) is 0.111. The van der Waals surface area contributed by atoms with Gasteiger partial charge in [0.15, 0.2) is 0 Å². The van der Waals surface area contributed by atoms with Crippen molar-refractivity contribution in [3.8, 4) is 5.69 Å². The van der Waals surface area contributed by atoms with Crippen molar-refractivity contribution < 1.29 is 9.59 Å². The topological polar surface area (TPSA) is 103 Å². The molecule has 3 aromatic rings. The van der Waals surface area contributed by atoms with Crippen molar-refractivity contribution in [3.05, 3.63) is 78.4 Å². The van der Waals surface area contributed by atoms with Gasteiger partial charge in [0.2, 0.25) is 5.91 Å². The summed E-state index contributed by atoms with van der Waals surface area (Å²) >= 11 is 0. The minimum absolute atomic E-state index is 0.338. The highest BCUT2D eigenvalue weighted by Crippen LogP contribution is 2.10. The summed E-state index contributed by atoms with van der Waals surface area (Å²) in [6.07, 6.45) is 3.29. The number of hydrogen-bond donors (Lipinski definition) is 2. The molecule has 0 aliphatic carbocycles. The Bertz CT molecular complexity index is 862. The van der Waals surface area contributed by atoms with Gasteiger partial charge in [0.25, 0.3) is 5.91 Å². The number of rotatable bonds is 6. The van der Waals surface area contributed by atoms with Crippen LogP contribution in [0, 0.1) is 0 Å². The number of benzene rings is 2. The average molecular weight is 335 g/mol. The van der Waals surface area contributed by atoms with Crippen molar-refractivity contribution in [3.63, 3.8) is 0 Å². The van der Waals surface area contributed by atoms with E-state index in [4.69, 9.17) is 5.73 Å². The number of nitrogens with two attached hydrogens (primary N) is 1. The van der Waals surface area contributed by atoms with Crippen molar-refractivity contribution in [2.75, 3.05) is 0 Å². The van der Waals surface area contributed by atoms with Crippen LogP contribution in [0.5, 0.6) is 0 Å². The van der Waals surface area contributed by atoms with E-state index in [9.17, 15) is 9.59 Å². The third-order valence-corrected chi connectivity index (χ3v) is 3.72. The van der Waals surface area contributed by atoms with Gasteiger partial charge in [0, 0.05) is 12.0 Å². The zero-order valence-corrected chi connectivity index (χ0v) is 13.4. The van der Waals surface area contributed by atoms with Crippen molar-refractivity contribution in [1.82, 2.24) is 20.1 Å². The first-order valence-corrected chi connectivity index (χ1v) is 7.72. The fourth-order valence-corrected chi connectivity index (χ4v) is 2.45. The van der Waals surface area contributed by atoms with E-state index in [1.165, 1.54) is 6.33 Å². The first-order valence-electron chi connectivity index (χ1n) is 7.72. The number of amides is 2. The number of primary amides is 1. The van der Waals surface area contributed by atoms with Gasteiger partial charge < -0.3 is 11.1 Å². The number of aromatic nitrogens is 3. The summed E-state index contributed by atoms with van der Waals surface area (Å²) in [5.74, 6) is -0.952. The molecule has 0 spiro atoms. The molecule has 25 heavy (non-hydrogen) atoms. The van der Waals surface area contributed by atoms with Crippen molar-refractivity contribution in [1.29, 1.82) is 0 Å². The number of nitrogens with zero attached hydrogens (tertiary/aromatic N) is 3. The highest BCUT2D eigenvalue weighted by Gasteiger charge is 2.19. The molecule has 2 amide bonds. The quantitative estimate of drug-likeness (QED) is 0.704. The number of carbonyl (C=O) groups excluding carboxylic acids is 2. The highest BCUT2D eigenvalue weighted by atomic mass is 16.2. The van der Waals surface area contributed by atoms with Gasteiger partial charge in [-0.3, -0.25) is 9.59 Å². The van der Waals surface area contributed by atoms with Gasteiger partial charge in [-0.25, -0.2) is 9.67 Å². The standard InChI is InChI=1S/C18H17N5O2/c19-17(24)16(9-13-5-2-1-3-6-13)22-18(25)14-7-4-8-15(10-14)23-12-20-11-21-23/h1-8,10-12,16H,9H2,(H2,19,24)(H,22,25)/t16-/m0/s1. The van der Waals surface area contributed by atoms with Crippen LogP contribution in [0.15, 0.2) is 67.3 Å². The Morgan fingerprint density at radius 3 is 2.60 bits per heavy atom. The molecule has 0 aliphatic heterocycles. The van der Waals surface area contributed by atoms with E-state index in [0.717, 1.165) is 5.56 Å². The second-order valence-electron chi connectivity index (χ2n) is 5.51. The molecule has 2 aromatic carbocycles. The Labute approximate surface area is 144 Å². The summed E-state index contributed by atoms with van der Waals surface area (Å²) < 4.78 is 1.55. The molecule has 0 aliphatic rings. The minimum Gasteiger partial charge on any atom is -0.368 e. The van der Waals surface area contributed by atoms with Crippen LogP contribution in [0.4, 0.5) is 0 Å². The zero-order valence-electron chi connectivity index (χ0n) is 13.4. The van der Waals surface area contributed by atoms with Crippen LogP contribution in [-0.2, 0) is 11.2 Å². The Balaban J connectivity index is 1.75. The lowest BCUT2D eigenvalue weighted by molar-refractivity contribution is -0.119. The second-order valence-corrected chi connectivity index (χ2v) is 5.51. The maximum absolute atomic E-state index is 12.5. The van der Waals surface area contributed by atoms with E-state index in [1.54, 1.807) is 35.3 Å². The number of carbonyl (C=O) groups is 2. The Kier molecular flexibility index (Phi) is 4.84. The molecule has 1 heterocycles. The van der Waals surface area contributed by atoms with Crippen LogP contribution in [0.25, 0.3) is 5.69 Å². The molecule has 0 fully saturated rings. The van der Waals surface area contributed by atoms with Crippen LogP contribution >= 0.6 is 0 Å². The van der Waals surface area contributed by atoms with Crippen molar-refractivity contribution in [2.24, 2.45) is 5.73 Å². The molecule has 1 atom stereocenters. The Hall–Kier alpha value is -3.48. The first-order chi connectivity index (χ1) is 12.1. The summed E-state index contributed by atoms with van der Waals surface area (Å²) in [6.45, 7) is 0. The second kappa shape index (κ2) is 7.39. The predicted molar refractivity (Wildman–Crippen MR) is 92.0 cm³/mol. The van der Waals surface area contributed by atoms with E-state index in [2.05, 4.69) is 15.4 Å². The predicted octanol–water partition coefficient (Wildman–Crippen LogP) is 1.09. The lowest BCUT2D eigenvalue weighted by Crippen LogP contribution is -2.45. The summed E-state index contributed by atoms with van der Waals surface area (Å²) in [6, 6.07) is 15.5. The van der Waals surface area contributed by atoms with E-state index in [0.29, 0.717) is 17.7 Å². The molecule has 0 radical (unpaired) electrons. The smallest absolute Gasteiger partial charge is 0.252 e. The summed E-state index contributed by atoms with van der Waals surface area (Å²) in [5.41, 5.74) is 7.47. The van der Waals surface area contributed by atoms with Crippen LogP contribution < -0.4 is 11.1 Å². The molecule has 126 valence electrons. The maximum Gasteiger partial charge on any atom is 0.252 e. The number of nitrogens with one attached hydrogen (secondary N) is 1. The lowest BCUT2D eigenvalue weighted by Gasteiger charge is -2.16. The van der Waals surface area contributed by atoms with Gasteiger partial charge in [-0.1, -0.05) is 36.4 Å². The monoisotopic (exact) mass is 335 g/mol. The van der Waals surface area contributed by atoms with Crippen LogP contribution in [-0.4, -0.2) is 32.6 Å². The molecule has 7 heteroatoms. The van der Waals surface area contributed by atoms with Gasteiger partial charge in [-0.05, 0) is 23.8 Å². The molecule has 3 rings (SSSR count). The Morgan fingerprint density at radius 2 is 1.92 bits per heavy atom. The van der Waals surface area contributed by atoms with Crippen LogP contribution in [0.1, 0.15) is 15.9 Å². The Morgan fingerprint density at radius 1 is 1.12 bits per heavy atom. The molecule has 0 unspecified atom stereocenters. The third kappa shape index (κ3) is 4.08. The average Bonchev–Trinajstić information content (AvgIpc) is 3.17. The summed E-state index contributed by atoms with van der Waals surface area (Å²) in [7, 11) is 0. The van der Waals surface area contributed by atoms with Crippen molar-refractivity contribution >= 4 is 11.8 Å². The summed E-state index contributed by atoms with van der Waals surface area (Å²) in [5, 5.41) is 6.73. The molecular weight excluding hydrogens is 318 g/mol. The summed E-state index contributed by atoms with van der Waals surface area (Å²) in [4.78, 5) is 28.1. The largest absolute Gasteiger partial charge is 0.368 e. The molecular formula is C18H17N5O2. The van der Waals surface area contributed by atoms with E-state index < -0.39 is 11.9 Å². The van der Waals surface area contributed by atoms with Gasteiger partial charge in [-0.2, -0.15) is 5.10 Å². The highest BCUT2D eigenvalue weighted by molar-refractivity contribution is 5.97. The van der Waals surface area contributed by atoms with E-state index >= 15 is 0 Å². The third-order valence-electron chi connectivity index (χ3n) is 3.72. The van der Waals surface area contributed by atoms with Gasteiger partial charge in [0.1, 0.15) is 18.7 Å². The van der Waals surface area contributed by atoms with Crippen LogP contribution in [0.3, 0.4) is 0 Å². The molecule has 0 saturated carbocycles. The molecule has 3 N–H and O–H groups in total. The molecule has 7 nitrogen and oxygen atoms in total. The van der Waals surface area contributed by atoms with E-state index in [-0.39, 0.29) is 5.91 Å². The molecule has 1 aromatic heterocycles. The molecule has 0 saturated heterocycles. The normalized spacial score (nSPS) is 11.7. The lowest BCUT2D eigenvalue weighted by atomic mass is 10.0. The first kappa shape index (κ1) is 16.4. The maximum atomic E-state index is 12.5. The van der Waals surface area contributed by atoms with Gasteiger partial charge in [0.05, 0.1) is 5.69 Å². The van der Waals surface area contributed by atoms with Gasteiger partial charge >= 0.3 is 0 Å². The minimum atomic E-state index is -0.787. The van der Waals surface area contributed by atoms with E-state index in [1.807, 2.05) is 30.3 Å². The SMILES string of the molecule is NC(=O)[C@H](Cc1ccccc1)NC(=O)c1cccc(-n2cncn2)c1. The van der Waals surface area contributed by atoms with Gasteiger partial charge in [-0.15, -0.1) is 0 Å². The van der Waals surface area contributed by atoms with Crippen molar-refractivity contribution in [2.45, 2.75) is 12.5 Å². The zero-order chi connectivity index (χ0) is 17.6. The number of hydrogen-bond acceptors (Lipinski definition) is 4. The van der Waals surface area contributed by atoms with Crippen LogP contribution in [0.2, 0.25) is 0 Å². The fourth-order valence-electron chi connectivity index (χ4n) is 2.45.